The van der Waals surface area contributed by atoms with Crippen molar-refractivity contribution >= 4 is 17.1 Å². The second-order valence-corrected chi connectivity index (χ2v) is 14.6. The standard InChI is InChI=1S/C48H39N/c1-47(2)43-21-12-11-20-39(43)41-26-23-37(30-45(41)47)49(36-19-13-18-34(28-36)32-14-7-5-8-15-32)38-24-27-42-40-25-22-35(33-16-9-6-10-17-33)29-44(40)48(3,4)46(42)31-38/h5-31H,1-4H3. The summed E-state index contributed by atoms with van der Waals surface area (Å²) in [5.74, 6) is 0. The van der Waals surface area contributed by atoms with Crippen molar-refractivity contribution in [3.05, 3.63) is 186 Å². The second-order valence-electron chi connectivity index (χ2n) is 14.6. The second kappa shape index (κ2) is 10.9. The summed E-state index contributed by atoms with van der Waals surface area (Å²) in [5, 5.41) is 0. The molecule has 0 heterocycles. The molecular weight excluding hydrogens is 591 g/mol. The first-order valence-electron chi connectivity index (χ1n) is 17.4. The van der Waals surface area contributed by atoms with Crippen molar-refractivity contribution in [2.75, 3.05) is 4.90 Å². The van der Waals surface area contributed by atoms with Crippen molar-refractivity contribution < 1.29 is 0 Å². The summed E-state index contributed by atoms with van der Waals surface area (Å²) >= 11 is 0. The molecule has 49 heavy (non-hydrogen) atoms. The fourth-order valence-electron chi connectivity index (χ4n) is 8.41. The maximum absolute atomic E-state index is 2.46. The molecule has 0 fully saturated rings. The van der Waals surface area contributed by atoms with Crippen molar-refractivity contribution in [1.82, 2.24) is 0 Å². The first-order chi connectivity index (χ1) is 23.8. The van der Waals surface area contributed by atoms with Gasteiger partial charge in [-0.3, -0.25) is 0 Å². The van der Waals surface area contributed by atoms with Gasteiger partial charge in [0.25, 0.3) is 0 Å². The van der Waals surface area contributed by atoms with Gasteiger partial charge in [-0.25, -0.2) is 0 Å². The molecule has 1 nitrogen and oxygen atoms in total. The van der Waals surface area contributed by atoms with Crippen LogP contribution < -0.4 is 4.90 Å². The molecule has 2 aliphatic carbocycles. The maximum Gasteiger partial charge on any atom is 0.0467 e. The molecule has 7 aromatic rings. The van der Waals surface area contributed by atoms with E-state index in [1.54, 1.807) is 0 Å². The Bertz CT molecular complexity index is 2380. The molecule has 9 rings (SSSR count). The van der Waals surface area contributed by atoms with Gasteiger partial charge in [0.1, 0.15) is 0 Å². The first kappa shape index (κ1) is 29.5. The van der Waals surface area contributed by atoms with E-state index in [1.807, 2.05) is 0 Å². The number of rotatable bonds is 5. The lowest BCUT2D eigenvalue weighted by Crippen LogP contribution is -2.18. The highest BCUT2D eigenvalue weighted by Crippen LogP contribution is 2.53. The third-order valence-electron chi connectivity index (χ3n) is 11.1. The van der Waals surface area contributed by atoms with E-state index in [2.05, 4.69) is 196 Å². The molecule has 0 saturated carbocycles. The van der Waals surface area contributed by atoms with Crippen LogP contribution in [0.15, 0.2) is 164 Å². The Hall–Kier alpha value is -5.66. The molecule has 0 aromatic heterocycles. The summed E-state index contributed by atoms with van der Waals surface area (Å²) in [6.07, 6.45) is 0. The highest BCUT2D eigenvalue weighted by Gasteiger charge is 2.38. The van der Waals surface area contributed by atoms with Crippen LogP contribution in [0.1, 0.15) is 49.9 Å². The summed E-state index contributed by atoms with van der Waals surface area (Å²) < 4.78 is 0. The minimum Gasteiger partial charge on any atom is -0.310 e. The average molecular weight is 630 g/mol. The van der Waals surface area contributed by atoms with Crippen LogP contribution in [-0.2, 0) is 10.8 Å². The number of anilines is 3. The number of benzene rings is 7. The summed E-state index contributed by atoms with van der Waals surface area (Å²) in [4.78, 5) is 2.46. The van der Waals surface area contributed by atoms with Gasteiger partial charge in [-0.2, -0.15) is 0 Å². The number of fused-ring (bicyclic) bond motifs is 6. The Morgan fingerprint density at radius 1 is 0.306 bits per heavy atom. The van der Waals surface area contributed by atoms with E-state index in [4.69, 9.17) is 0 Å². The van der Waals surface area contributed by atoms with Crippen molar-refractivity contribution in [1.29, 1.82) is 0 Å². The van der Waals surface area contributed by atoms with Crippen molar-refractivity contribution in [3.63, 3.8) is 0 Å². The number of hydrogen-bond acceptors (Lipinski definition) is 1. The molecule has 0 radical (unpaired) electrons. The van der Waals surface area contributed by atoms with Gasteiger partial charge in [-0.1, -0.05) is 149 Å². The maximum atomic E-state index is 2.46. The molecule has 236 valence electrons. The predicted octanol–water partition coefficient (Wildman–Crippen LogP) is 13.1. The van der Waals surface area contributed by atoms with Crippen molar-refractivity contribution in [2.24, 2.45) is 0 Å². The smallest absolute Gasteiger partial charge is 0.0467 e. The Morgan fingerprint density at radius 2 is 0.735 bits per heavy atom. The van der Waals surface area contributed by atoms with Crippen LogP contribution in [0.5, 0.6) is 0 Å². The molecule has 0 spiro atoms. The molecular formula is C48H39N. The highest BCUT2D eigenvalue weighted by molar-refractivity contribution is 5.89. The zero-order valence-corrected chi connectivity index (χ0v) is 28.5. The van der Waals surface area contributed by atoms with Gasteiger partial charge in [0.2, 0.25) is 0 Å². The summed E-state index contributed by atoms with van der Waals surface area (Å²) in [6.45, 7) is 9.48. The molecule has 0 unspecified atom stereocenters. The molecule has 7 aromatic carbocycles. The van der Waals surface area contributed by atoms with E-state index in [1.165, 1.54) is 78.1 Å². The number of hydrogen-bond donors (Lipinski definition) is 0. The minimum absolute atomic E-state index is 0.0858. The lowest BCUT2D eigenvalue weighted by molar-refractivity contribution is 0.660. The summed E-state index contributed by atoms with van der Waals surface area (Å²) in [6, 6.07) is 60.5. The monoisotopic (exact) mass is 629 g/mol. The number of nitrogens with zero attached hydrogens (tertiary/aromatic N) is 1. The highest BCUT2D eigenvalue weighted by atomic mass is 15.1. The molecule has 0 saturated heterocycles. The van der Waals surface area contributed by atoms with E-state index >= 15 is 0 Å². The zero-order chi connectivity index (χ0) is 33.3. The van der Waals surface area contributed by atoms with Crippen LogP contribution in [0.25, 0.3) is 44.5 Å². The fourth-order valence-corrected chi connectivity index (χ4v) is 8.41. The van der Waals surface area contributed by atoms with E-state index < -0.39 is 0 Å². The van der Waals surface area contributed by atoms with Gasteiger partial charge in [0.05, 0.1) is 0 Å². The van der Waals surface area contributed by atoms with E-state index in [9.17, 15) is 0 Å². The van der Waals surface area contributed by atoms with Crippen LogP contribution >= 0.6 is 0 Å². The molecule has 1 heteroatoms. The summed E-state index contributed by atoms with van der Waals surface area (Å²) in [7, 11) is 0. The summed E-state index contributed by atoms with van der Waals surface area (Å²) in [5.41, 5.74) is 19.1. The van der Waals surface area contributed by atoms with Crippen molar-refractivity contribution in [2.45, 2.75) is 38.5 Å². The van der Waals surface area contributed by atoms with Crippen LogP contribution in [0.3, 0.4) is 0 Å². The Morgan fingerprint density at radius 3 is 1.35 bits per heavy atom. The molecule has 0 amide bonds. The quantitative estimate of drug-likeness (QED) is 0.183. The van der Waals surface area contributed by atoms with Crippen LogP contribution in [0, 0.1) is 0 Å². The minimum atomic E-state index is -0.148. The van der Waals surface area contributed by atoms with Crippen LogP contribution in [0.4, 0.5) is 17.1 Å². The zero-order valence-electron chi connectivity index (χ0n) is 28.5. The van der Waals surface area contributed by atoms with Gasteiger partial charge in [-0.15, -0.1) is 0 Å². The van der Waals surface area contributed by atoms with Gasteiger partial charge >= 0.3 is 0 Å². The van der Waals surface area contributed by atoms with E-state index in [0.29, 0.717) is 0 Å². The van der Waals surface area contributed by atoms with Crippen LogP contribution in [-0.4, -0.2) is 0 Å². The predicted molar refractivity (Wildman–Crippen MR) is 207 cm³/mol. The topological polar surface area (TPSA) is 3.24 Å². The van der Waals surface area contributed by atoms with E-state index in [0.717, 1.165) is 5.69 Å². The van der Waals surface area contributed by atoms with Gasteiger partial charge in [-0.05, 0) is 109 Å². The Kier molecular flexibility index (Phi) is 6.58. The largest absolute Gasteiger partial charge is 0.310 e. The van der Waals surface area contributed by atoms with E-state index in [-0.39, 0.29) is 10.8 Å². The molecule has 0 aliphatic heterocycles. The van der Waals surface area contributed by atoms with Gasteiger partial charge in [0.15, 0.2) is 0 Å². The molecule has 0 N–H and O–H groups in total. The Balaban J connectivity index is 1.21. The SMILES string of the molecule is CC1(C)c2ccccc2-c2ccc(N(c3cccc(-c4ccccc4)c3)c3ccc4c(c3)C(C)(C)c3cc(-c5ccccc5)ccc3-4)cc21. The molecule has 0 atom stereocenters. The average Bonchev–Trinajstić information content (AvgIpc) is 3.51. The third kappa shape index (κ3) is 4.60. The third-order valence-corrected chi connectivity index (χ3v) is 11.1. The van der Waals surface area contributed by atoms with Gasteiger partial charge in [0, 0.05) is 27.9 Å². The molecule has 2 aliphatic rings. The van der Waals surface area contributed by atoms with Crippen LogP contribution in [0.2, 0.25) is 0 Å². The fraction of sp³-hybridized carbons (Fsp3) is 0.125. The van der Waals surface area contributed by atoms with Crippen molar-refractivity contribution in [3.8, 4) is 44.5 Å². The normalized spacial score (nSPS) is 14.4. The molecule has 0 bridgehead atoms. The lowest BCUT2D eigenvalue weighted by atomic mass is 9.81. The Labute approximate surface area is 290 Å². The first-order valence-corrected chi connectivity index (χ1v) is 17.4. The lowest BCUT2D eigenvalue weighted by Gasteiger charge is -2.30. The van der Waals surface area contributed by atoms with Gasteiger partial charge < -0.3 is 4.90 Å².